The fourth-order valence-electron chi connectivity index (χ4n) is 1.22. The predicted octanol–water partition coefficient (Wildman–Crippen LogP) is -0.533. The van der Waals surface area contributed by atoms with Crippen molar-refractivity contribution < 1.29 is 34.5 Å². The van der Waals surface area contributed by atoms with Crippen molar-refractivity contribution in [3.63, 3.8) is 0 Å². The van der Waals surface area contributed by atoms with E-state index in [-0.39, 0.29) is 12.8 Å². The number of carbonyl (C=O) groups is 4. The molecule has 0 aromatic heterocycles. The molecule has 0 rings (SSSR count). The van der Waals surface area contributed by atoms with Gasteiger partial charge in [-0.2, -0.15) is 0 Å². The SMILES string of the molecule is CCC(NC(=O)NC(CCC(=O)O)C(=O)O)C(=O)O. The van der Waals surface area contributed by atoms with Crippen molar-refractivity contribution in [2.75, 3.05) is 0 Å². The second kappa shape index (κ2) is 7.90. The molecule has 0 saturated heterocycles. The Balaban J connectivity index is 4.42. The lowest BCUT2D eigenvalue weighted by atomic mass is 10.1. The van der Waals surface area contributed by atoms with Crippen LogP contribution in [0, 0.1) is 0 Å². The van der Waals surface area contributed by atoms with Crippen molar-refractivity contribution in [2.24, 2.45) is 0 Å². The van der Waals surface area contributed by atoms with Crippen LogP contribution < -0.4 is 10.6 Å². The molecule has 108 valence electrons. The highest BCUT2D eigenvalue weighted by Crippen LogP contribution is 1.99. The van der Waals surface area contributed by atoms with Gasteiger partial charge in [0.1, 0.15) is 12.1 Å². The largest absolute Gasteiger partial charge is 0.481 e. The van der Waals surface area contributed by atoms with Crippen LogP contribution in [-0.4, -0.2) is 51.3 Å². The molecule has 9 heteroatoms. The van der Waals surface area contributed by atoms with Gasteiger partial charge in [0.2, 0.25) is 0 Å². The highest BCUT2D eigenvalue weighted by Gasteiger charge is 2.23. The van der Waals surface area contributed by atoms with Gasteiger partial charge < -0.3 is 26.0 Å². The third-order valence-electron chi connectivity index (χ3n) is 2.26. The van der Waals surface area contributed by atoms with Crippen LogP contribution in [0.2, 0.25) is 0 Å². The third-order valence-corrected chi connectivity index (χ3v) is 2.26. The van der Waals surface area contributed by atoms with Crippen LogP contribution in [-0.2, 0) is 14.4 Å². The van der Waals surface area contributed by atoms with Gasteiger partial charge in [-0.1, -0.05) is 6.92 Å². The zero-order chi connectivity index (χ0) is 15.0. The summed E-state index contributed by atoms with van der Waals surface area (Å²) in [5.41, 5.74) is 0. The molecule has 5 N–H and O–H groups in total. The van der Waals surface area contributed by atoms with Gasteiger partial charge in [0.15, 0.2) is 0 Å². The smallest absolute Gasteiger partial charge is 0.326 e. The van der Waals surface area contributed by atoms with Crippen LogP contribution in [0.1, 0.15) is 26.2 Å². The monoisotopic (exact) mass is 276 g/mol. The van der Waals surface area contributed by atoms with Gasteiger partial charge in [-0.25, -0.2) is 14.4 Å². The second-order valence-electron chi connectivity index (χ2n) is 3.74. The summed E-state index contributed by atoms with van der Waals surface area (Å²) in [5, 5.41) is 30.0. The Morgan fingerprint density at radius 2 is 1.42 bits per heavy atom. The lowest BCUT2D eigenvalue weighted by Crippen LogP contribution is -2.51. The highest BCUT2D eigenvalue weighted by molar-refractivity contribution is 5.86. The standard InChI is InChI=1S/C10H16N2O7/c1-2-5(8(15)16)11-10(19)12-6(9(17)18)3-4-7(13)14/h5-6H,2-4H2,1H3,(H,13,14)(H,15,16)(H,17,18)(H2,11,12,19). The molecular weight excluding hydrogens is 260 g/mol. The molecule has 19 heavy (non-hydrogen) atoms. The Morgan fingerprint density at radius 3 is 1.79 bits per heavy atom. The van der Waals surface area contributed by atoms with Crippen LogP contribution in [0.5, 0.6) is 0 Å². The molecule has 0 bridgehead atoms. The number of nitrogens with one attached hydrogen (secondary N) is 2. The Bertz CT molecular complexity index is 369. The van der Waals surface area contributed by atoms with E-state index in [9.17, 15) is 19.2 Å². The second-order valence-corrected chi connectivity index (χ2v) is 3.74. The van der Waals surface area contributed by atoms with Crippen molar-refractivity contribution >= 4 is 23.9 Å². The van der Waals surface area contributed by atoms with Crippen LogP contribution in [0.25, 0.3) is 0 Å². The number of carbonyl (C=O) groups excluding carboxylic acids is 1. The molecule has 0 aliphatic rings. The first-order valence-electron chi connectivity index (χ1n) is 5.52. The molecule has 0 aliphatic carbocycles. The summed E-state index contributed by atoms with van der Waals surface area (Å²) in [5.74, 6) is -3.82. The highest BCUT2D eigenvalue weighted by atomic mass is 16.4. The lowest BCUT2D eigenvalue weighted by molar-refractivity contribution is -0.140. The van der Waals surface area contributed by atoms with Gasteiger partial charge in [0.25, 0.3) is 0 Å². The van der Waals surface area contributed by atoms with Gasteiger partial charge in [0.05, 0.1) is 0 Å². The first-order valence-corrected chi connectivity index (χ1v) is 5.52. The molecule has 2 unspecified atom stereocenters. The molecule has 0 aliphatic heterocycles. The molecule has 0 saturated carbocycles. The van der Waals surface area contributed by atoms with Crippen LogP contribution in [0.15, 0.2) is 0 Å². The number of urea groups is 1. The van der Waals surface area contributed by atoms with Crippen molar-refractivity contribution in [3.05, 3.63) is 0 Å². The summed E-state index contributed by atoms with van der Waals surface area (Å²) >= 11 is 0. The average Bonchev–Trinajstić information content (AvgIpc) is 2.30. The zero-order valence-electron chi connectivity index (χ0n) is 10.3. The fourth-order valence-corrected chi connectivity index (χ4v) is 1.22. The van der Waals surface area contributed by atoms with Crippen molar-refractivity contribution in [3.8, 4) is 0 Å². The first-order chi connectivity index (χ1) is 8.77. The summed E-state index contributed by atoms with van der Waals surface area (Å²) in [7, 11) is 0. The van der Waals surface area contributed by atoms with Gasteiger partial charge in [0, 0.05) is 6.42 Å². The Morgan fingerprint density at radius 1 is 0.947 bits per heavy atom. The minimum atomic E-state index is -1.39. The van der Waals surface area contributed by atoms with E-state index in [2.05, 4.69) is 5.32 Å². The molecule has 2 atom stereocenters. The quantitative estimate of drug-likeness (QED) is 0.399. The van der Waals surface area contributed by atoms with E-state index in [1.165, 1.54) is 6.92 Å². The molecule has 0 radical (unpaired) electrons. The maximum absolute atomic E-state index is 11.4. The average molecular weight is 276 g/mol. The van der Waals surface area contributed by atoms with E-state index >= 15 is 0 Å². The van der Waals surface area contributed by atoms with E-state index in [0.29, 0.717) is 0 Å². The molecule has 0 spiro atoms. The number of rotatable bonds is 8. The molecule has 0 aromatic carbocycles. The van der Waals surface area contributed by atoms with Gasteiger partial charge in [-0.15, -0.1) is 0 Å². The minimum Gasteiger partial charge on any atom is -0.481 e. The number of hydrogen-bond acceptors (Lipinski definition) is 4. The van der Waals surface area contributed by atoms with E-state index in [1.807, 2.05) is 5.32 Å². The molecule has 0 aromatic rings. The number of carboxylic acids is 3. The van der Waals surface area contributed by atoms with Gasteiger partial charge in [-0.3, -0.25) is 4.79 Å². The van der Waals surface area contributed by atoms with E-state index < -0.39 is 42.4 Å². The van der Waals surface area contributed by atoms with Crippen molar-refractivity contribution in [2.45, 2.75) is 38.3 Å². The minimum absolute atomic E-state index is 0.135. The van der Waals surface area contributed by atoms with Gasteiger partial charge in [-0.05, 0) is 12.8 Å². The first kappa shape index (κ1) is 16.7. The number of carboxylic acid groups (broad SMARTS) is 3. The number of aliphatic carboxylic acids is 3. The Labute approximate surface area is 108 Å². The van der Waals surface area contributed by atoms with Crippen LogP contribution >= 0.6 is 0 Å². The zero-order valence-corrected chi connectivity index (χ0v) is 10.3. The number of hydrogen-bond donors (Lipinski definition) is 5. The summed E-state index contributed by atoms with van der Waals surface area (Å²) < 4.78 is 0. The topological polar surface area (TPSA) is 153 Å². The van der Waals surface area contributed by atoms with E-state index in [0.717, 1.165) is 0 Å². The summed E-state index contributed by atoms with van der Waals surface area (Å²) in [4.78, 5) is 43.2. The normalized spacial score (nSPS) is 13.1. The maximum atomic E-state index is 11.4. The number of amides is 2. The predicted molar refractivity (Wildman–Crippen MR) is 61.7 cm³/mol. The molecular formula is C10H16N2O7. The molecule has 2 amide bonds. The summed E-state index contributed by atoms with van der Waals surface area (Å²) in [6.07, 6.45) is -0.578. The summed E-state index contributed by atoms with van der Waals surface area (Å²) in [6.45, 7) is 1.54. The molecule has 9 nitrogen and oxygen atoms in total. The van der Waals surface area contributed by atoms with Crippen LogP contribution in [0.4, 0.5) is 4.79 Å². The van der Waals surface area contributed by atoms with E-state index in [4.69, 9.17) is 15.3 Å². The maximum Gasteiger partial charge on any atom is 0.326 e. The van der Waals surface area contributed by atoms with Gasteiger partial charge >= 0.3 is 23.9 Å². The van der Waals surface area contributed by atoms with Crippen LogP contribution in [0.3, 0.4) is 0 Å². The molecule has 0 heterocycles. The molecule has 0 fully saturated rings. The van der Waals surface area contributed by atoms with E-state index in [1.54, 1.807) is 0 Å². The Kier molecular flexibility index (Phi) is 6.94. The summed E-state index contributed by atoms with van der Waals surface area (Å²) in [6, 6.07) is -3.48. The third kappa shape index (κ3) is 6.86. The van der Waals surface area contributed by atoms with Crippen molar-refractivity contribution in [1.82, 2.24) is 10.6 Å². The fraction of sp³-hybridized carbons (Fsp3) is 0.600. The Hall–Kier alpha value is -2.32. The lowest BCUT2D eigenvalue weighted by Gasteiger charge is -2.17. The van der Waals surface area contributed by atoms with Crippen molar-refractivity contribution in [1.29, 1.82) is 0 Å².